The number of rotatable bonds is 2. The molecule has 1 aliphatic heterocycles. The molecule has 1 N–H and O–H groups in total. The molecule has 0 bridgehead atoms. The molecule has 2 rings (SSSR count). The highest BCUT2D eigenvalue weighted by molar-refractivity contribution is 6.07. The topological polar surface area (TPSA) is 90.3 Å². The van der Waals surface area contributed by atoms with Crippen LogP contribution in [-0.4, -0.2) is 30.2 Å². The van der Waals surface area contributed by atoms with E-state index >= 15 is 0 Å². The average Bonchev–Trinajstić information content (AvgIpc) is 2.42. The third-order valence-corrected chi connectivity index (χ3v) is 3.24. The van der Waals surface area contributed by atoms with Gasteiger partial charge in [-0.25, -0.2) is 0 Å². The van der Waals surface area contributed by atoms with Crippen molar-refractivity contribution in [2.75, 3.05) is 11.4 Å². The standard InChI is InChI=1S/C14H13N3O3/c1-8-14(20)16-13(19)7-17(8)12-5-10(6-15)3-4-11(12)9(2)18/h3-5,8H,7H2,1-2H3,(H,16,19,20). The highest BCUT2D eigenvalue weighted by atomic mass is 16.2. The minimum absolute atomic E-state index is 0.0257. The van der Waals surface area contributed by atoms with Crippen LogP contribution in [0.5, 0.6) is 0 Å². The van der Waals surface area contributed by atoms with Gasteiger partial charge in [0.05, 0.1) is 18.2 Å². The molecule has 0 aliphatic carbocycles. The molecule has 0 aromatic heterocycles. The Labute approximate surface area is 116 Å². The van der Waals surface area contributed by atoms with Gasteiger partial charge < -0.3 is 4.90 Å². The number of benzene rings is 1. The van der Waals surface area contributed by atoms with Gasteiger partial charge in [-0.1, -0.05) is 0 Å². The van der Waals surface area contributed by atoms with Crippen LogP contribution in [-0.2, 0) is 9.59 Å². The van der Waals surface area contributed by atoms with Gasteiger partial charge in [-0.2, -0.15) is 5.26 Å². The molecule has 2 amide bonds. The van der Waals surface area contributed by atoms with Crippen LogP contribution in [0, 0.1) is 11.3 Å². The van der Waals surface area contributed by atoms with Crippen LogP contribution < -0.4 is 10.2 Å². The van der Waals surface area contributed by atoms with E-state index in [9.17, 15) is 14.4 Å². The van der Waals surface area contributed by atoms with Crippen LogP contribution in [0.1, 0.15) is 29.8 Å². The van der Waals surface area contributed by atoms with Crippen molar-refractivity contribution in [2.24, 2.45) is 0 Å². The summed E-state index contributed by atoms with van der Waals surface area (Å²) in [6, 6.07) is 6.01. The number of piperazine rings is 1. The maximum Gasteiger partial charge on any atom is 0.249 e. The Morgan fingerprint density at radius 3 is 2.75 bits per heavy atom. The first-order valence-electron chi connectivity index (χ1n) is 6.09. The van der Waals surface area contributed by atoms with Gasteiger partial charge in [0.15, 0.2) is 5.78 Å². The van der Waals surface area contributed by atoms with Gasteiger partial charge in [0, 0.05) is 11.3 Å². The van der Waals surface area contributed by atoms with Crippen molar-refractivity contribution in [1.82, 2.24) is 5.32 Å². The third kappa shape index (κ3) is 2.38. The summed E-state index contributed by atoms with van der Waals surface area (Å²) in [6.07, 6.45) is 0. The molecule has 1 heterocycles. The highest BCUT2D eigenvalue weighted by Crippen LogP contribution is 2.26. The third-order valence-electron chi connectivity index (χ3n) is 3.24. The van der Waals surface area contributed by atoms with Crippen molar-refractivity contribution in [1.29, 1.82) is 5.26 Å². The molecule has 0 spiro atoms. The fourth-order valence-electron chi connectivity index (χ4n) is 2.14. The molecule has 1 aromatic carbocycles. The molecule has 1 aromatic rings. The van der Waals surface area contributed by atoms with E-state index in [1.54, 1.807) is 17.9 Å². The van der Waals surface area contributed by atoms with Gasteiger partial charge in [0.25, 0.3) is 0 Å². The number of hydrogen-bond donors (Lipinski definition) is 1. The zero-order valence-electron chi connectivity index (χ0n) is 11.1. The molecule has 1 saturated heterocycles. The van der Waals surface area contributed by atoms with E-state index in [4.69, 9.17) is 5.26 Å². The Morgan fingerprint density at radius 1 is 1.45 bits per heavy atom. The van der Waals surface area contributed by atoms with E-state index in [1.165, 1.54) is 19.1 Å². The van der Waals surface area contributed by atoms with Crippen molar-refractivity contribution in [3.63, 3.8) is 0 Å². The smallest absolute Gasteiger partial charge is 0.249 e. The van der Waals surface area contributed by atoms with E-state index in [1.807, 2.05) is 6.07 Å². The van der Waals surface area contributed by atoms with Gasteiger partial charge >= 0.3 is 0 Å². The van der Waals surface area contributed by atoms with E-state index in [0.29, 0.717) is 16.8 Å². The molecule has 0 saturated carbocycles. The molecule has 102 valence electrons. The normalized spacial score (nSPS) is 18.4. The molecule has 6 nitrogen and oxygen atoms in total. The molecule has 0 radical (unpaired) electrons. The minimum atomic E-state index is -0.584. The number of Topliss-reactive ketones (excluding diaryl/α,β-unsaturated/α-hetero) is 1. The molecule has 20 heavy (non-hydrogen) atoms. The van der Waals surface area contributed by atoms with E-state index < -0.39 is 17.9 Å². The Bertz CT molecular complexity index is 646. The van der Waals surface area contributed by atoms with Gasteiger partial charge in [-0.05, 0) is 32.0 Å². The zero-order chi connectivity index (χ0) is 14.9. The maximum absolute atomic E-state index is 11.7. The fraction of sp³-hybridized carbons (Fsp3) is 0.286. The second-order valence-corrected chi connectivity index (χ2v) is 4.62. The first-order chi connectivity index (χ1) is 9.43. The van der Waals surface area contributed by atoms with Crippen molar-refractivity contribution >= 4 is 23.3 Å². The van der Waals surface area contributed by atoms with Gasteiger partial charge in [0.2, 0.25) is 11.8 Å². The van der Waals surface area contributed by atoms with Crippen molar-refractivity contribution in [3.05, 3.63) is 29.3 Å². The first kappa shape index (κ1) is 13.7. The van der Waals surface area contributed by atoms with E-state index in [0.717, 1.165) is 0 Å². The molecule has 1 aliphatic rings. The fourth-order valence-corrected chi connectivity index (χ4v) is 2.14. The van der Waals surface area contributed by atoms with Gasteiger partial charge in [0.1, 0.15) is 6.04 Å². The number of carbonyl (C=O) groups excluding carboxylic acids is 3. The van der Waals surface area contributed by atoms with Crippen LogP contribution in [0.3, 0.4) is 0 Å². The lowest BCUT2D eigenvalue weighted by atomic mass is 10.0. The molecular weight excluding hydrogens is 258 g/mol. The average molecular weight is 271 g/mol. The van der Waals surface area contributed by atoms with Crippen LogP contribution in [0.4, 0.5) is 5.69 Å². The summed E-state index contributed by atoms with van der Waals surface area (Å²) >= 11 is 0. The number of nitrogens with zero attached hydrogens (tertiary/aromatic N) is 2. The predicted molar refractivity (Wildman–Crippen MR) is 71.1 cm³/mol. The monoisotopic (exact) mass is 271 g/mol. The molecule has 1 atom stereocenters. The van der Waals surface area contributed by atoms with Crippen LogP contribution in [0.25, 0.3) is 0 Å². The minimum Gasteiger partial charge on any atom is -0.350 e. The SMILES string of the molecule is CC(=O)c1ccc(C#N)cc1N1CC(=O)NC(=O)C1C. The number of imide groups is 1. The molecule has 6 heteroatoms. The number of nitriles is 1. The second kappa shape index (κ2) is 5.13. The predicted octanol–water partition coefficient (Wildman–Crippen LogP) is 0.612. The van der Waals surface area contributed by atoms with Gasteiger partial charge in [-0.15, -0.1) is 0 Å². The summed E-state index contributed by atoms with van der Waals surface area (Å²) in [7, 11) is 0. The van der Waals surface area contributed by atoms with E-state index in [-0.39, 0.29) is 12.3 Å². The van der Waals surface area contributed by atoms with Crippen molar-refractivity contribution in [2.45, 2.75) is 19.9 Å². The van der Waals surface area contributed by atoms with Crippen molar-refractivity contribution < 1.29 is 14.4 Å². The maximum atomic E-state index is 11.7. The lowest BCUT2D eigenvalue weighted by molar-refractivity contribution is -0.132. The van der Waals surface area contributed by atoms with Crippen molar-refractivity contribution in [3.8, 4) is 6.07 Å². The molecule has 1 unspecified atom stereocenters. The number of hydrogen-bond acceptors (Lipinski definition) is 5. The Balaban J connectivity index is 2.54. The number of carbonyl (C=O) groups is 3. The summed E-state index contributed by atoms with van der Waals surface area (Å²) < 4.78 is 0. The lowest BCUT2D eigenvalue weighted by Crippen LogP contribution is -2.57. The quantitative estimate of drug-likeness (QED) is 0.628. The lowest BCUT2D eigenvalue weighted by Gasteiger charge is -2.34. The summed E-state index contributed by atoms with van der Waals surface area (Å²) in [5.74, 6) is -1.03. The van der Waals surface area contributed by atoms with Crippen LogP contribution in [0.15, 0.2) is 18.2 Å². The first-order valence-corrected chi connectivity index (χ1v) is 6.09. The number of anilines is 1. The van der Waals surface area contributed by atoms with Crippen LogP contribution >= 0.6 is 0 Å². The summed E-state index contributed by atoms with van der Waals surface area (Å²) in [5.41, 5.74) is 1.20. The Hall–Kier alpha value is -2.68. The Kier molecular flexibility index (Phi) is 3.53. The number of ketones is 1. The van der Waals surface area contributed by atoms with Crippen LogP contribution in [0.2, 0.25) is 0 Å². The summed E-state index contributed by atoms with van der Waals surface area (Å²) in [6.45, 7) is 3.02. The van der Waals surface area contributed by atoms with Gasteiger partial charge in [-0.3, -0.25) is 19.7 Å². The number of amides is 2. The summed E-state index contributed by atoms with van der Waals surface area (Å²) in [5, 5.41) is 11.2. The molecular formula is C14H13N3O3. The highest BCUT2D eigenvalue weighted by Gasteiger charge is 2.32. The second-order valence-electron chi connectivity index (χ2n) is 4.62. The summed E-state index contributed by atoms with van der Waals surface area (Å²) in [4.78, 5) is 36.4. The molecule has 1 fully saturated rings. The number of nitrogens with one attached hydrogen (secondary N) is 1. The Morgan fingerprint density at radius 2 is 2.15 bits per heavy atom. The van der Waals surface area contributed by atoms with E-state index in [2.05, 4.69) is 5.32 Å². The largest absolute Gasteiger partial charge is 0.350 e. The zero-order valence-corrected chi connectivity index (χ0v) is 11.1.